The molecule has 0 heterocycles. The second-order valence-electron chi connectivity index (χ2n) is 4.13. The number of carbonyl (C=O) groups is 1. The molecule has 0 aromatic heterocycles. The summed E-state index contributed by atoms with van der Waals surface area (Å²) in [6.07, 6.45) is -0.0972. The molecule has 0 saturated carbocycles. The van der Waals surface area contributed by atoms with Gasteiger partial charge in [0.05, 0.1) is 25.2 Å². The Hall–Kier alpha value is -0.570. The Morgan fingerprint density at radius 1 is 1.14 bits per heavy atom. The third kappa shape index (κ3) is 2.27. The largest absolute Gasteiger partial charge is 0.516 e. The zero-order valence-electron chi connectivity index (χ0n) is 10.3. The van der Waals surface area contributed by atoms with E-state index in [-0.39, 0.29) is 18.2 Å². The van der Waals surface area contributed by atoms with Crippen LogP contribution >= 0.6 is 0 Å². The molecule has 0 saturated heterocycles. The number of quaternary nitrogens is 1. The Morgan fingerprint density at radius 3 is 1.79 bits per heavy atom. The van der Waals surface area contributed by atoms with Gasteiger partial charge in [-0.1, -0.05) is 0 Å². The van der Waals surface area contributed by atoms with Crippen molar-refractivity contribution < 1.29 is 14.0 Å². The Bertz CT molecular complexity index is 180. The minimum Gasteiger partial charge on any atom is -0.420 e. The maximum atomic E-state index is 11.9. The minimum absolute atomic E-state index is 0.0972. The van der Waals surface area contributed by atoms with Crippen molar-refractivity contribution in [3.05, 3.63) is 0 Å². The van der Waals surface area contributed by atoms with Crippen LogP contribution in [0.5, 0.6) is 0 Å². The molecule has 0 N–H and O–H groups in total. The number of amides is 1. The van der Waals surface area contributed by atoms with E-state index in [1.54, 1.807) is 0 Å². The average molecular weight is 202 g/mol. The summed E-state index contributed by atoms with van der Waals surface area (Å²) in [5.41, 5.74) is 0. The zero-order chi connectivity index (χ0) is 11.4. The van der Waals surface area contributed by atoms with E-state index in [1.807, 2.05) is 13.8 Å². The van der Waals surface area contributed by atoms with E-state index in [4.69, 9.17) is 4.74 Å². The Kier molecular flexibility index (Phi) is 5.13. The van der Waals surface area contributed by atoms with Gasteiger partial charge in [-0.05, 0) is 41.5 Å². The van der Waals surface area contributed by atoms with E-state index in [0.29, 0.717) is 11.1 Å². The lowest BCUT2D eigenvalue weighted by Gasteiger charge is -2.40. The fourth-order valence-electron chi connectivity index (χ4n) is 2.12. The van der Waals surface area contributed by atoms with Crippen molar-refractivity contribution in [3.63, 3.8) is 0 Å². The molecular formula is C11H24NO2+. The first kappa shape index (κ1) is 13.4. The molecule has 84 valence electrons. The molecule has 0 bridgehead atoms. The second-order valence-corrected chi connectivity index (χ2v) is 4.13. The van der Waals surface area contributed by atoms with E-state index >= 15 is 0 Å². The number of hydrogen-bond donors (Lipinski definition) is 0. The summed E-state index contributed by atoms with van der Waals surface area (Å²) in [5.74, 6) is 0. The van der Waals surface area contributed by atoms with Crippen LogP contribution in [0.25, 0.3) is 0 Å². The summed E-state index contributed by atoms with van der Waals surface area (Å²) >= 11 is 0. The lowest BCUT2D eigenvalue weighted by molar-refractivity contribution is -0.897. The van der Waals surface area contributed by atoms with Crippen LogP contribution in [0, 0.1) is 0 Å². The molecule has 0 aromatic rings. The summed E-state index contributed by atoms with van der Waals surface area (Å²) < 4.78 is 5.56. The highest BCUT2D eigenvalue weighted by molar-refractivity contribution is 5.60. The first-order valence-electron chi connectivity index (χ1n) is 5.48. The molecule has 3 heteroatoms. The molecule has 0 spiro atoms. The van der Waals surface area contributed by atoms with Crippen molar-refractivity contribution in [1.82, 2.24) is 0 Å². The predicted molar refractivity (Wildman–Crippen MR) is 58.1 cm³/mol. The summed E-state index contributed by atoms with van der Waals surface area (Å²) in [4.78, 5) is 11.9. The van der Waals surface area contributed by atoms with Crippen LogP contribution in [0.1, 0.15) is 41.5 Å². The van der Waals surface area contributed by atoms with Gasteiger partial charge in [-0.2, -0.15) is 4.79 Å². The Labute approximate surface area is 87.6 Å². The third-order valence-electron chi connectivity index (χ3n) is 2.97. The van der Waals surface area contributed by atoms with Gasteiger partial charge in [0.2, 0.25) is 0 Å². The molecule has 0 atom stereocenters. The topological polar surface area (TPSA) is 26.3 Å². The van der Waals surface area contributed by atoms with Crippen LogP contribution in [-0.2, 0) is 4.74 Å². The quantitative estimate of drug-likeness (QED) is 0.655. The molecule has 1 amide bonds. The lowest BCUT2D eigenvalue weighted by atomic mass is 10.1. The second kappa shape index (κ2) is 5.35. The van der Waals surface area contributed by atoms with E-state index in [0.717, 1.165) is 6.54 Å². The molecule has 0 rings (SSSR count). The maximum Gasteiger partial charge on any atom is 0.516 e. The minimum atomic E-state index is -0.0972. The smallest absolute Gasteiger partial charge is 0.420 e. The predicted octanol–water partition coefficient (Wildman–Crippen LogP) is 2.80. The van der Waals surface area contributed by atoms with Crippen LogP contribution in [0.3, 0.4) is 0 Å². The van der Waals surface area contributed by atoms with Crippen LogP contribution in [-0.4, -0.2) is 35.8 Å². The summed E-state index contributed by atoms with van der Waals surface area (Å²) in [7, 11) is 0. The van der Waals surface area contributed by atoms with Gasteiger partial charge in [-0.25, -0.2) is 4.48 Å². The third-order valence-corrected chi connectivity index (χ3v) is 2.97. The Morgan fingerprint density at radius 2 is 1.57 bits per heavy atom. The van der Waals surface area contributed by atoms with Crippen LogP contribution in [0.2, 0.25) is 0 Å². The Balaban J connectivity index is 4.93. The average Bonchev–Trinajstić information content (AvgIpc) is 2.05. The molecule has 0 aliphatic rings. The van der Waals surface area contributed by atoms with Crippen LogP contribution < -0.4 is 0 Å². The van der Waals surface area contributed by atoms with Gasteiger partial charge in [-0.3, -0.25) is 0 Å². The van der Waals surface area contributed by atoms with E-state index < -0.39 is 0 Å². The summed E-state index contributed by atoms with van der Waals surface area (Å²) in [6.45, 7) is 13.4. The number of hydrogen-bond acceptors (Lipinski definition) is 2. The van der Waals surface area contributed by atoms with E-state index in [2.05, 4.69) is 27.7 Å². The van der Waals surface area contributed by atoms with Crippen molar-refractivity contribution in [3.8, 4) is 0 Å². The normalized spacial score (nSPS) is 12.3. The van der Waals surface area contributed by atoms with Crippen molar-refractivity contribution >= 4 is 6.09 Å². The number of carbonyl (C=O) groups excluding carboxylic acids is 1. The molecule has 0 unspecified atom stereocenters. The van der Waals surface area contributed by atoms with Crippen molar-refractivity contribution in [2.24, 2.45) is 0 Å². The maximum absolute atomic E-state index is 11.9. The van der Waals surface area contributed by atoms with Crippen molar-refractivity contribution in [1.29, 1.82) is 0 Å². The molecule has 0 radical (unpaired) electrons. The molecule has 14 heavy (non-hydrogen) atoms. The number of nitrogens with zero attached hydrogens (tertiary/aromatic N) is 1. The van der Waals surface area contributed by atoms with Gasteiger partial charge in [0.1, 0.15) is 0 Å². The first-order valence-corrected chi connectivity index (χ1v) is 5.48. The van der Waals surface area contributed by atoms with Gasteiger partial charge >= 0.3 is 6.09 Å². The fourth-order valence-corrected chi connectivity index (χ4v) is 2.12. The lowest BCUT2D eigenvalue weighted by Crippen LogP contribution is -2.61. The SMILES string of the molecule is CCOC(=O)[N+](CC)(C(C)C)C(C)C. The summed E-state index contributed by atoms with van der Waals surface area (Å²) in [6, 6.07) is 0.526. The van der Waals surface area contributed by atoms with E-state index in [1.165, 1.54) is 0 Å². The highest BCUT2D eigenvalue weighted by Crippen LogP contribution is 2.21. The van der Waals surface area contributed by atoms with Gasteiger partial charge in [0.15, 0.2) is 0 Å². The molecule has 0 aliphatic heterocycles. The molecule has 3 nitrogen and oxygen atoms in total. The van der Waals surface area contributed by atoms with E-state index in [9.17, 15) is 4.79 Å². The molecule has 0 aromatic carbocycles. The zero-order valence-corrected chi connectivity index (χ0v) is 10.3. The van der Waals surface area contributed by atoms with Gasteiger partial charge < -0.3 is 4.74 Å². The number of rotatable bonds is 4. The fraction of sp³-hybridized carbons (Fsp3) is 0.909. The van der Waals surface area contributed by atoms with Gasteiger partial charge in [0.25, 0.3) is 0 Å². The molecular weight excluding hydrogens is 178 g/mol. The highest BCUT2D eigenvalue weighted by atomic mass is 16.6. The summed E-state index contributed by atoms with van der Waals surface area (Å²) in [5, 5.41) is 0. The molecule has 0 aliphatic carbocycles. The van der Waals surface area contributed by atoms with Crippen molar-refractivity contribution in [2.45, 2.75) is 53.6 Å². The van der Waals surface area contributed by atoms with Gasteiger partial charge in [0, 0.05) is 0 Å². The first-order chi connectivity index (χ1) is 6.43. The van der Waals surface area contributed by atoms with Gasteiger partial charge in [-0.15, -0.1) is 0 Å². The van der Waals surface area contributed by atoms with Crippen LogP contribution in [0.15, 0.2) is 0 Å². The van der Waals surface area contributed by atoms with Crippen molar-refractivity contribution in [2.75, 3.05) is 13.2 Å². The highest BCUT2D eigenvalue weighted by Gasteiger charge is 2.42. The monoisotopic (exact) mass is 202 g/mol. The molecule has 0 fully saturated rings. The standard InChI is InChI=1S/C11H24NO2/c1-7-12(9(3)4,10(5)6)11(13)14-8-2/h9-10H,7-8H2,1-6H3/q+1. The van der Waals surface area contributed by atoms with Crippen LogP contribution in [0.4, 0.5) is 4.79 Å². The number of ether oxygens (including phenoxy) is 1.